The molecule has 0 spiro atoms. The molecule has 7 heteroatoms. The highest BCUT2D eigenvalue weighted by atomic mass is 35.5. The molecule has 1 heterocycles. The number of hydrogen-bond donors (Lipinski definition) is 0. The maximum absolute atomic E-state index is 13.2. The Morgan fingerprint density at radius 3 is 2.50 bits per heavy atom. The van der Waals surface area contributed by atoms with Crippen molar-refractivity contribution in [3.05, 3.63) is 64.7 Å². The van der Waals surface area contributed by atoms with Crippen molar-refractivity contribution in [3.63, 3.8) is 0 Å². The van der Waals surface area contributed by atoms with Crippen LogP contribution in [0.4, 0.5) is 4.39 Å². The van der Waals surface area contributed by atoms with E-state index in [4.69, 9.17) is 21.6 Å². The molecule has 0 atom stereocenters. The summed E-state index contributed by atoms with van der Waals surface area (Å²) in [6.45, 7) is 3.81. The number of benzene rings is 2. The van der Waals surface area contributed by atoms with E-state index in [2.05, 4.69) is 20.8 Å². The molecule has 1 aliphatic rings. The second kappa shape index (κ2) is 6.92. The smallest absolute Gasteiger partial charge is 0.177 e. The van der Waals surface area contributed by atoms with Gasteiger partial charge in [-0.25, -0.2) is 4.39 Å². The van der Waals surface area contributed by atoms with Gasteiger partial charge in [0.15, 0.2) is 17.2 Å². The SMILES string of the molecule is CC(C)(Oc1ccc(F)cc1)c1nnc(-c2ccc(C#N)cc2Cl)n1C1CC1. The minimum absolute atomic E-state index is 0.280. The van der Waals surface area contributed by atoms with Gasteiger partial charge in [-0.2, -0.15) is 5.26 Å². The van der Waals surface area contributed by atoms with Crippen LogP contribution in [0.2, 0.25) is 5.02 Å². The van der Waals surface area contributed by atoms with Crippen LogP contribution in [0, 0.1) is 17.1 Å². The highest BCUT2D eigenvalue weighted by Gasteiger charge is 2.37. The summed E-state index contributed by atoms with van der Waals surface area (Å²) in [7, 11) is 0. The third-order valence-electron chi connectivity index (χ3n) is 4.67. The third kappa shape index (κ3) is 3.46. The van der Waals surface area contributed by atoms with Gasteiger partial charge in [-0.1, -0.05) is 11.6 Å². The molecular formula is C21H18ClFN4O. The van der Waals surface area contributed by atoms with Gasteiger partial charge in [0, 0.05) is 11.6 Å². The van der Waals surface area contributed by atoms with E-state index >= 15 is 0 Å². The van der Waals surface area contributed by atoms with Gasteiger partial charge >= 0.3 is 0 Å². The zero-order valence-corrected chi connectivity index (χ0v) is 16.2. The molecule has 0 saturated heterocycles. The first-order chi connectivity index (χ1) is 13.4. The van der Waals surface area contributed by atoms with Crippen LogP contribution in [0.5, 0.6) is 5.75 Å². The topological polar surface area (TPSA) is 63.7 Å². The fourth-order valence-electron chi connectivity index (χ4n) is 3.17. The second-order valence-corrected chi connectivity index (χ2v) is 7.73. The molecule has 1 saturated carbocycles. The summed E-state index contributed by atoms with van der Waals surface area (Å²) in [6, 6.07) is 13.4. The Labute approximate surface area is 167 Å². The van der Waals surface area contributed by atoms with Crippen molar-refractivity contribution in [2.75, 3.05) is 0 Å². The van der Waals surface area contributed by atoms with E-state index in [1.54, 1.807) is 30.3 Å². The van der Waals surface area contributed by atoms with Crippen LogP contribution in [-0.2, 0) is 5.60 Å². The van der Waals surface area contributed by atoms with Crippen molar-refractivity contribution in [3.8, 4) is 23.2 Å². The number of nitrogens with zero attached hydrogens (tertiary/aromatic N) is 4. The summed E-state index contributed by atoms with van der Waals surface area (Å²) in [5.74, 6) is 1.57. The molecule has 142 valence electrons. The summed E-state index contributed by atoms with van der Waals surface area (Å²) < 4.78 is 21.4. The normalized spacial score (nSPS) is 14.0. The molecule has 0 bridgehead atoms. The molecule has 1 aromatic heterocycles. The van der Waals surface area contributed by atoms with Crippen molar-refractivity contribution < 1.29 is 9.13 Å². The monoisotopic (exact) mass is 396 g/mol. The molecule has 0 amide bonds. The van der Waals surface area contributed by atoms with Crippen molar-refractivity contribution in [2.24, 2.45) is 0 Å². The quantitative estimate of drug-likeness (QED) is 0.590. The fourth-order valence-corrected chi connectivity index (χ4v) is 3.44. The lowest BCUT2D eigenvalue weighted by atomic mass is 10.1. The van der Waals surface area contributed by atoms with Gasteiger partial charge in [-0.05, 0) is 69.2 Å². The molecule has 0 aliphatic heterocycles. The van der Waals surface area contributed by atoms with Crippen LogP contribution in [-0.4, -0.2) is 14.8 Å². The average molecular weight is 397 g/mol. The lowest BCUT2D eigenvalue weighted by Gasteiger charge is -2.26. The Bertz CT molecular complexity index is 1060. The maximum Gasteiger partial charge on any atom is 0.177 e. The molecule has 0 N–H and O–H groups in total. The number of hydrogen-bond acceptors (Lipinski definition) is 4. The van der Waals surface area contributed by atoms with E-state index in [1.807, 2.05) is 13.8 Å². The van der Waals surface area contributed by atoms with Crippen molar-refractivity contribution in [1.29, 1.82) is 5.26 Å². The molecule has 2 aromatic carbocycles. The standard InChI is InChI=1S/C21H18ClFN4O/c1-21(2,28-16-8-4-14(23)5-9-16)20-26-25-19(27(20)15-6-7-15)17-10-3-13(12-24)11-18(17)22/h3-5,8-11,15H,6-7H2,1-2H3. The molecule has 1 fully saturated rings. The minimum Gasteiger partial charge on any atom is -0.480 e. The van der Waals surface area contributed by atoms with Crippen LogP contribution < -0.4 is 4.74 Å². The lowest BCUT2D eigenvalue weighted by Crippen LogP contribution is -2.29. The predicted octanol–water partition coefficient (Wildman–Crippen LogP) is 5.26. The van der Waals surface area contributed by atoms with Crippen molar-refractivity contribution in [1.82, 2.24) is 14.8 Å². The van der Waals surface area contributed by atoms with Crippen LogP contribution in [0.3, 0.4) is 0 Å². The average Bonchev–Trinajstić information content (AvgIpc) is 3.41. The zero-order chi connectivity index (χ0) is 19.9. The van der Waals surface area contributed by atoms with E-state index < -0.39 is 5.60 Å². The Hall–Kier alpha value is -2.91. The van der Waals surface area contributed by atoms with Crippen LogP contribution in [0.15, 0.2) is 42.5 Å². The maximum atomic E-state index is 13.2. The molecule has 4 rings (SSSR count). The highest BCUT2D eigenvalue weighted by molar-refractivity contribution is 6.33. The number of aromatic nitrogens is 3. The largest absolute Gasteiger partial charge is 0.480 e. The summed E-state index contributed by atoms with van der Waals surface area (Å²) >= 11 is 6.41. The van der Waals surface area contributed by atoms with Crippen molar-refractivity contribution >= 4 is 11.6 Å². The van der Waals surface area contributed by atoms with Gasteiger partial charge in [-0.3, -0.25) is 0 Å². The highest BCUT2D eigenvalue weighted by Crippen LogP contribution is 2.43. The van der Waals surface area contributed by atoms with Gasteiger partial charge < -0.3 is 9.30 Å². The Morgan fingerprint density at radius 1 is 1.18 bits per heavy atom. The molecule has 0 unspecified atom stereocenters. The fraction of sp³-hybridized carbons (Fsp3) is 0.286. The zero-order valence-electron chi connectivity index (χ0n) is 15.5. The second-order valence-electron chi connectivity index (χ2n) is 7.32. The lowest BCUT2D eigenvalue weighted by molar-refractivity contribution is 0.0936. The van der Waals surface area contributed by atoms with Crippen LogP contribution >= 0.6 is 11.6 Å². The van der Waals surface area contributed by atoms with Gasteiger partial charge in [0.05, 0.1) is 16.7 Å². The third-order valence-corrected chi connectivity index (χ3v) is 4.98. The number of nitriles is 1. The van der Waals surface area contributed by atoms with E-state index in [9.17, 15) is 4.39 Å². The van der Waals surface area contributed by atoms with Gasteiger partial charge in [0.1, 0.15) is 11.6 Å². The number of halogens is 2. The molecule has 0 radical (unpaired) electrons. The van der Waals surface area contributed by atoms with E-state index in [-0.39, 0.29) is 11.9 Å². The van der Waals surface area contributed by atoms with Gasteiger partial charge in [0.25, 0.3) is 0 Å². The molecule has 28 heavy (non-hydrogen) atoms. The first-order valence-corrected chi connectivity index (χ1v) is 9.37. The van der Waals surface area contributed by atoms with Crippen LogP contribution in [0.25, 0.3) is 11.4 Å². The summed E-state index contributed by atoms with van der Waals surface area (Å²) in [5.41, 5.74) is 0.431. The molecule has 3 aromatic rings. The summed E-state index contributed by atoms with van der Waals surface area (Å²) in [6.07, 6.45) is 2.05. The minimum atomic E-state index is -0.787. The number of ether oxygens (including phenoxy) is 1. The Kier molecular flexibility index (Phi) is 4.56. The molecule has 5 nitrogen and oxygen atoms in total. The van der Waals surface area contributed by atoms with E-state index in [0.29, 0.717) is 28.0 Å². The van der Waals surface area contributed by atoms with E-state index in [0.717, 1.165) is 18.4 Å². The summed E-state index contributed by atoms with van der Waals surface area (Å²) in [4.78, 5) is 0. The first kappa shape index (κ1) is 18.5. The first-order valence-electron chi connectivity index (χ1n) is 8.99. The molecular weight excluding hydrogens is 379 g/mol. The Morgan fingerprint density at radius 2 is 1.89 bits per heavy atom. The Balaban J connectivity index is 1.75. The van der Waals surface area contributed by atoms with E-state index in [1.165, 1.54) is 12.1 Å². The van der Waals surface area contributed by atoms with Crippen LogP contribution in [0.1, 0.15) is 44.1 Å². The predicted molar refractivity (Wildman–Crippen MR) is 104 cm³/mol. The summed E-state index contributed by atoms with van der Waals surface area (Å²) in [5, 5.41) is 18.3. The van der Waals surface area contributed by atoms with Gasteiger partial charge in [0.2, 0.25) is 0 Å². The number of rotatable bonds is 5. The molecule has 1 aliphatic carbocycles. The van der Waals surface area contributed by atoms with Crippen molar-refractivity contribution in [2.45, 2.75) is 38.3 Å². The van der Waals surface area contributed by atoms with Gasteiger partial charge in [-0.15, -0.1) is 10.2 Å².